The van der Waals surface area contributed by atoms with Crippen LogP contribution in [0.1, 0.15) is 12.0 Å². The van der Waals surface area contributed by atoms with Crippen LogP contribution in [0.2, 0.25) is 5.02 Å². The Morgan fingerprint density at radius 3 is 2.23 bits per heavy atom. The Labute approximate surface area is 180 Å². The molecule has 2 saturated heterocycles. The predicted octanol–water partition coefficient (Wildman–Crippen LogP) is 0.557. The van der Waals surface area contributed by atoms with Gasteiger partial charge in [0.05, 0.1) is 44.0 Å². The molecule has 2 aliphatic rings. The van der Waals surface area contributed by atoms with Gasteiger partial charge in [-0.1, -0.05) is 41.9 Å². The van der Waals surface area contributed by atoms with E-state index in [1.165, 1.54) is 21.3 Å². The van der Waals surface area contributed by atoms with E-state index in [0.29, 0.717) is 31.2 Å². The lowest BCUT2D eigenvalue weighted by Crippen LogP contribution is -3.19. The number of carbonyl (C=O) groups is 2. The maximum Gasteiger partial charge on any atom is 0.288 e. The third-order valence-corrected chi connectivity index (χ3v) is 7.90. The Hall–Kier alpha value is -2.26. The minimum Gasteiger partial charge on any atom is -0.322 e. The first kappa shape index (κ1) is 21.0. The maximum absolute atomic E-state index is 12.9. The minimum atomic E-state index is -3.60. The summed E-state index contributed by atoms with van der Waals surface area (Å²) in [6.07, 6.45) is 0.172. The standard InChI is InChI=1S/C21H22ClN3O4S/c22-17-6-8-18(9-7-17)30(28,29)24-12-10-23(11-13-24)19-14-20(26)25(21(19)27)15-16-4-2-1-3-5-16/h1-9,19H,10-15H2/p+1/t19-/m1/s1. The molecule has 0 saturated carbocycles. The van der Waals surface area contributed by atoms with Gasteiger partial charge in [0.25, 0.3) is 5.91 Å². The molecule has 0 spiro atoms. The number of rotatable bonds is 5. The van der Waals surface area contributed by atoms with Gasteiger partial charge in [0.1, 0.15) is 0 Å². The van der Waals surface area contributed by atoms with Crippen LogP contribution in [0.15, 0.2) is 59.5 Å². The van der Waals surface area contributed by atoms with Gasteiger partial charge in [0.2, 0.25) is 15.9 Å². The number of halogens is 1. The molecule has 1 atom stereocenters. The van der Waals surface area contributed by atoms with Gasteiger partial charge >= 0.3 is 0 Å². The van der Waals surface area contributed by atoms with E-state index in [9.17, 15) is 18.0 Å². The predicted molar refractivity (Wildman–Crippen MR) is 111 cm³/mol. The first-order valence-electron chi connectivity index (χ1n) is 9.85. The molecule has 1 N–H and O–H groups in total. The molecular weight excluding hydrogens is 426 g/mol. The Bertz CT molecular complexity index is 1040. The molecule has 2 heterocycles. The summed E-state index contributed by atoms with van der Waals surface area (Å²) in [5.41, 5.74) is 0.911. The second-order valence-electron chi connectivity index (χ2n) is 7.58. The maximum atomic E-state index is 12.9. The molecule has 158 valence electrons. The van der Waals surface area contributed by atoms with Crippen molar-refractivity contribution in [3.63, 3.8) is 0 Å². The van der Waals surface area contributed by atoms with Crippen LogP contribution in [0.3, 0.4) is 0 Å². The zero-order valence-electron chi connectivity index (χ0n) is 16.3. The normalized spacial score (nSPS) is 21.4. The van der Waals surface area contributed by atoms with Gasteiger partial charge in [-0.15, -0.1) is 0 Å². The van der Waals surface area contributed by atoms with Crippen LogP contribution < -0.4 is 4.90 Å². The number of hydrogen-bond acceptors (Lipinski definition) is 4. The summed E-state index contributed by atoms with van der Waals surface area (Å²) in [6.45, 7) is 1.85. The highest BCUT2D eigenvalue weighted by molar-refractivity contribution is 7.89. The number of piperazine rings is 1. The molecule has 0 radical (unpaired) electrons. The van der Waals surface area contributed by atoms with Crippen LogP contribution in [0, 0.1) is 0 Å². The van der Waals surface area contributed by atoms with Crippen LogP contribution in [-0.4, -0.2) is 61.7 Å². The van der Waals surface area contributed by atoms with E-state index < -0.39 is 16.1 Å². The van der Waals surface area contributed by atoms with Gasteiger partial charge in [0.15, 0.2) is 6.04 Å². The second-order valence-corrected chi connectivity index (χ2v) is 9.95. The van der Waals surface area contributed by atoms with Crippen LogP contribution in [0.5, 0.6) is 0 Å². The molecule has 2 aliphatic heterocycles. The fourth-order valence-corrected chi connectivity index (χ4v) is 5.62. The van der Waals surface area contributed by atoms with E-state index in [2.05, 4.69) is 0 Å². The summed E-state index contributed by atoms with van der Waals surface area (Å²) in [7, 11) is -3.60. The highest BCUT2D eigenvalue weighted by Crippen LogP contribution is 2.19. The first-order valence-corrected chi connectivity index (χ1v) is 11.7. The summed E-state index contributed by atoms with van der Waals surface area (Å²) >= 11 is 5.85. The lowest BCUT2D eigenvalue weighted by Gasteiger charge is -2.33. The van der Waals surface area contributed by atoms with Crippen LogP contribution in [-0.2, 0) is 26.2 Å². The Morgan fingerprint density at radius 1 is 0.967 bits per heavy atom. The van der Waals surface area contributed by atoms with Gasteiger partial charge < -0.3 is 4.90 Å². The summed E-state index contributed by atoms with van der Waals surface area (Å²) in [4.78, 5) is 27.8. The van der Waals surface area contributed by atoms with Gasteiger partial charge in [-0.3, -0.25) is 14.5 Å². The van der Waals surface area contributed by atoms with Crippen molar-refractivity contribution < 1.29 is 22.9 Å². The molecule has 4 rings (SSSR count). The highest BCUT2D eigenvalue weighted by Gasteiger charge is 2.46. The van der Waals surface area contributed by atoms with E-state index in [4.69, 9.17) is 11.6 Å². The van der Waals surface area contributed by atoms with Crippen molar-refractivity contribution in [2.24, 2.45) is 0 Å². The SMILES string of the molecule is O=C1C[C@@H]([NH+]2CCN(S(=O)(=O)c3ccc(Cl)cc3)CC2)C(=O)N1Cc1ccccc1. The van der Waals surface area contributed by atoms with E-state index in [0.717, 1.165) is 10.5 Å². The number of nitrogens with zero attached hydrogens (tertiary/aromatic N) is 2. The average molecular weight is 449 g/mol. The molecule has 0 bridgehead atoms. The lowest BCUT2D eigenvalue weighted by molar-refractivity contribution is -0.918. The molecule has 2 aromatic carbocycles. The number of carbonyl (C=O) groups excluding carboxylic acids is 2. The van der Waals surface area contributed by atoms with E-state index >= 15 is 0 Å². The van der Waals surface area contributed by atoms with Crippen LogP contribution in [0.25, 0.3) is 0 Å². The number of benzene rings is 2. The first-order chi connectivity index (χ1) is 14.4. The summed E-state index contributed by atoms with van der Waals surface area (Å²) in [5.74, 6) is -0.342. The zero-order valence-corrected chi connectivity index (χ0v) is 17.9. The molecule has 7 nitrogen and oxygen atoms in total. The fourth-order valence-electron chi connectivity index (χ4n) is 4.05. The molecule has 0 aliphatic carbocycles. The molecule has 9 heteroatoms. The topological polar surface area (TPSA) is 79.2 Å². The third kappa shape index (κ3) is 4.13. The van der Waals surface area contributed by atoms with Gasteiger partial charge in [-0.2, -0.15) is 4.31 Å². The molecular formula is C21H23ClN3O4S+. The molecule has 2 fully saturated rings. The molecule has 2 amide bonds. The lowest BCUT2D eigenvalue weighted by atomic mass is 10.2. The number of sulfonamides is 1. The number of likely N-dealkylation sites (tertiary alicyclic amines) is 1. The Morgan fingerprint density at radius 2 is 1.60 bits per heavy atom. The Balaban J connectivity index is 1.40. The second kappa shape index (κ2) is 8.47. The summed E-state index contributed by atoms with van der Waals surface area (Å²) in [6, 6.07) is 15.1. The average Bonchev–Trinajstić information content (AvgIpc) is 3.03. The summed E-state index contributed by atoms with van der Waals surface area (Å²) in [5, 5.41) is 0.479. The van der Waals surface area contributed by atoms with Gasteiger partial charge in [-0.05, 0) is 29.8 Å². The number of nitrogens with one attached hydrogen (secondary N) is 1. The molecule has 0 aromatic heterocycles. The minimum absolute atomic E-state index is 0.169. The number of imide groups is 1. The highest BCUT2D eigenvalue weighted by atomic mass is 35.5. The Kier molecular flexibility index (Phi) is 5.92. The van der Waals surface area contributed by atoms with E-state index in [1.54, 1.807) is 12.1 Å². The van der Waals surface area contributed by atoms with Crippen LogP contribution in [0.4, 0.5) is 0 Å². The van der Waals surface area contributed by atoms with E-state index in [1.807, 2.05) is 30.3 Å². The zero-order chi connectivity index (χ0) is 21.3. The van der Waals surface area contributed by atoms with Crippen molar-refractivity contribution in [3.8, 4) is 0 Å². The van der Waals surface area contributed by atoms with Gasteiger partial charge in [-0.25, -0.2) is 8.42 Å². The van der Waals surface area contributed by atoms with Gasteiger partial charge in [0, 0.05) is 5.02 Å². The monoisotopic (exact) mass is 448 g/mol. The quantitative estimate of drug-likeness (QED) is 0.678. The number of quaternary nitrogens is 1. The summed E-state index contributed by atoms with van der Waals surface area (Å²) < 4.78 is 27.1. The smallest absolute Gasteiger partial charge is 0.288 e. The van der Waals surface area contributed by atoms with E-state index in [-0.39, 0.29) is 29.7 Å². The third-order valence-electron chi connectivity index (χ3n) is 5.74. The molecule has 30 heavy (non-hydrogen) atoms. The number of hydrogen-bond donors (Lipinski definition) is 1. The van der Waals surface area contributed by atoms with Crippen molar-refractivity contribution in [3.05, 3.63) is 65.2 Å². The van der Waals surface area contributed by atoms with Crippen molar-refractivity contribution in [2.45, 2.75) is 23.9 Å². The van der Waals surface area contributed by atoms with Crippen LogP contribution >= 0.6 is 11.6 Å². The number of amides is 2. The van der Waals surface area contributed by atoms with Crippen molar-refractivity contribution >= 4 is 33.4 Å². The largest absolute Gasteiger partial charge is 0.322 e. The van der Waals surface area contributed by atoms with Crippen molar-refractivity contribution in [1.82, 2.24) is 9.21 Å². The molecule has 0 unspecified atom stereocenters. The van der Waals surface area contributed by atoms with Crippen molar-refractivity contribution in [1.29, 1.82) is 0 Å². The molecule has 2 aromatic rings. The van der Waals surface area contributed by atoms with Crippen molar-refractivity contribution in [2.75, 3.05) is 26.2 Å². The fraction of sp³-hybridized carbons (Fsp3) is 0.333.